The largest absolute Gasteiger partial charge is 0.314 e. The zero-order valence-electron chi connectivity index (χ0n) is 11.8. The highest BCUT2D eigenvalue weighted by molar-refractivity contribution is 4.86. The second-order valence-corrected chi connectivity index (χ2v) is 5.86. The number of piperazine rings is 1. The monoisotopic (exact) mass is 239 g/mol. The molecule has 3 heteroatoms. The van der Waals surface area contributed by atoms with Crippen molar-refractivity contribution < 1.29 is 0 Å². The highest BCUT2D eigenvalue weighted by Gasteiger charge is 2.28. The van der Waals surface area contributed by atoms with Crippen LogP contribution in [0.25, 0.3) is 0 Å². The van der Waals surface area contributed by atoms with Gasteiger partial charge in [0.05, 0.1) is 0 Å². The Hall–Kier alpha value is -0.120. The van der Waals surface area contributed by atoms with E-state index in [-0.39, 0.29) is 0 Å². The summed E-state index contributed by atoms with van der Waals surface area (Å²) in [6.07, 6.45) is 3.96. The first-order valence-electron chi connectivity index (χ1n) is 7.42. The van der Waals surface area contributed by atoms with Crippen LogP contribution in [-0.2, 0) is 0 Å². The molecule has 0 bridgehead atoms. The first-order chi connectivity index (χ1) is 8.20. The second kappa shape index (κ2) is 6.17. The van der Waals surface area contributed by atoms with Crippen LogP contribution in [0.15, 0.2) is 0 Å². The summed E-state index contributed by atoms with van der Waals surface area (Å²) in [7, 11) is 0. The lowest BCUT2D eigenvalue weighted by molar-refractivity contribution is 0.0569. The molecule has 0 saturated carbocycles. The Morgan fingerprint density at radius 1 is 1.24 bits per heavy atom. The average Bonchev–Trinajstić information content (AvgIpc) is 2.38. The predicted molar refractivity (Wildman–Crippen MR) is 73.4 cm³/mol. The van der Waals surface area contributed by atoms with Gasteiger partial charge in [-0.2, -0.15) is 0 Å². The van der Waals surface area contributed by atoms with Crippen LogP contribution in [0.4, 0.5) is 0 Å². The highest BCUT2D eigenvalue weighted by atomic mass is 15.3. The van der Waals surface area contributed by atoms with Gasteiger partial charge in [-0.15, -0.1) is 0 Å². The molecule has 0 aromatic rings. The van der Waals surface area contributed by atoms with Gasteiger partial charge in [0, 0.05) is 44.3 Å². The van der Waals surface area contributed by atoms with Crippen molar-refractivity contribution in [2.45, 2.75) is 58.2 Å². The van der Waals surface area contributed by atoms with E-state index in [0.717, 1.165) is 12.1 Å². The summed E-state index contributed by atoms with van der Waals surface area (Å²) >= 11 is 0. The third-order valence-corrected chi connectivity index (χ3v) is 4.68. The Balaban J connectivity index is 1.78. The van der Waals surface area contributed by atoms with E-state index in [1.165, 1.54) is 52.0 Å². The Kier molecular flexibility index (Phi) is 4.83. The molecule has 0 aliphatic carbocycles. The molecule has 0 spiro atoms. The molecule has 2 aliphatic rings. The summed E-state index contributed by atoms with van der Waals surface area (Å²) in [5.74, 6) is 0. The first kappa shape index (κ1) is 13.3. The molecule has 1 N–H and O–H groups in total. The van der Waals surface area contributed by atoms with Gasteiger partial charge in [0.25, 0.3) is 0 Å². The first-order valence-corrected chi connectivity index (χ1v) is 7.42. The molecule has 2 rings (SSSR count). The summed E-state index contributed by atoms with van der Waals surface area (Å²) in [5.41, 5.74) is 0. The van der Waals surface area contributed by atoms with Crippen molar-refractivity contribution in [3.63, 3.8) is 0 Å². The van der Waals surface area contributed by atoms with Crippen molar-refractivity contribution >= 4 is 0 Å². The van der Waals surface area contributed by atoms with Gasteiger partial charge in [-0.3, -0.25) is 9.80 Å². The van der Waals surface area contributed by atoms with Crippen LogP contribution in [0.5, 0.6) is 0 Å². The van der Waals surface area contributed by atoms with Crippen molar-refractivity contribution in [1.82, 2.24) is 15.1 Å². The van der Waals surface area contributed by atoms with Crippen LogP contribution in [0.3, 0.4) is 0 Å². The summed E-state index contributed by atoms with van der Waals surface area (Å²) < 4.78 is 0. The topological polar surface area (TPSA) is 18.5 Å². The third-order valence-electron chi connectivity index (χ3n) is 4.68. The van der Waals surface area contributed by atoms with Gasteiger partial charge in [-0.1, -0.05) is 6.92 Å². The van der Waals surface area contributed by atoms with Crippen molar-refractivity contribution in [2.75, 3.05) is 32.7 Å². The van der Waals surface area contributed by atoms with E-state index in [9.17, 15) is 0 Å². The average molecular weight is 239 g/mol. The lowest BCUT2D eigenvalue weighted by atomic mass is 9.98. The molecule has 2 heterocycles. The van der Waals surface area contributed by atoms with Gasteiger partial charge < -0.3 is 5.32 Å². The van der Waals surface area contributed by atoms with Crippen LogP contribution in [0.1, 0.15) is 40.0 Å². The van der Waals surface area contributed by atoms with Crippen molar-refractivity contribution in [3.05, 3.63) is 0 Å². The van der Waals surface area contributed by atoms with Gasteiger partial charge in [-0.25, -0.2) is 0 Å². The van der Waals surface area contributed by atoms with Crippen LogP contribution in [-0.4, -0.2) is 60.6 Å². The van der Waals surface area contributed by atoms with E-state index in [2.05, 4.69) is 35.9 Å². The zero-order chi connectivity index (χ0) is 12.3. The fourth-order valence-corrected chi connectivity index (χ4v) is 3.24. The fourth-order valence-electron chi connectivity index (χ4n) is 3.24. The van der Waals surface area contributed by atoms with E-state index in [1.807, 2.05) is 0 Å². The molecule has 3 nitrogen and oxygen atoms in total. The number of piperidine rings is 1. The minimum atomic E-state index is 0.710. The maximum Gasteiger partial charge on any atom is 0.0123 e. The van der Waals surface area contributed by atoms with Gasteiger partial charge in [0.2, 0.25) is 0 Å². The fraction of sp³-hybridized carbons (Fsp3) is 1.00. The standard InChI is InChI=1S/C14H29N3/c1-4-13(3)16-7-9-17(10-8-16)14-5-6-15-12(2)11-14/h12-15H,4-11H2,1-3H3. The molecule has 3 unspecified atom stereocenters. The normalized spacial score (nSPS) is 34.8. The minimum Gasteiger partial charge on any atom is -0.314 e. The van der Waals surface area contributed by atoms with E-state index in [1.54, 1.807) is 0 Å². The van der Waals surface area contributed by atoms with Crippen molar-refractivity contribution in [2.24, 2.45) is 0 Å². The lowest BCUT2D eigenvalue weighted by Gasteiger charge is -2.43. The zero-order valence-corrected chi connectivity index (χ0v) is 11.8. The summed E-state index contributed by atoms with van der Waals surface area (Å²) in [5, 5.41) is 3.55. The Morgan fingerprint density at radius 2 is 1.94 bits per heavy atom. The molecule has 2 fully saturated rings. The van der Waals surface area contributed by atoms with Gasteiger partial charge in [-0.05, 0) is 39.7 Å². The molecular formula is C14H29N3. The van der Waals surface area contributed by atoms with E-state index < -0.39 is 0 Å². The maximum absolute atomic E-state index is 3.55. The van der Waals surface area contributed by atoms with Gasteiger partial charge >= 0.3 is 0 Å². The molecule has 0 aromatic heterocycles. The highest BCUT2D eigenvalue weighted by Crippen LogP contribution is 2.18. The lowest BCUT2D eigenvalue weighted by Crippen LogP contribution is -2.55. The molecule has 100 valence electrons. The summed E-state index contributed by atoms with van der Waals surface area (Å²) in [6, 6.07) is 2.32. The molecule has 3 atom stereocenters. The molecule has 2 saturated heterocycles. The quantitative estimate of drug-likeness (QED) is 0.806. The van der Waals surface area contributed by atoms with E-state index in [4.69, 9.17) is 0 Å². The molecular weight excluding hydrogens is 210 g/mol. The van der Waals surface area contributed by atoms with Crippen LogP contribution in [0.2, 0.25) is 0 Å². The number of hydrogen-bond donors (Lipinski definition) is 1. The molecule has 2 aliphatic heterocycles. The van der Waals surface area contributed by atoms with Crippen LogP contribution in [0, 0.1) is 0 Å². The van der Waals surface area contributed by atoms with Crippen LogP contribution >= 0.6 is 0 Å². The number of nitrogens with one attached hydrogen (secondary N) is 1. The Labute approximate surface area is 107 Å². The molecule has 17 heavy (non-hydrogen) atoms. The summed E-state index contributed by atoms with van der Waals surface area (Å²) in [6.45, 7) is 13.3. The van der Waals surface area contributed by atoms with Gasteiger partial charge in [0.15, 0.2) is 0 Å². The smallest absolute Gasteiger partial charge is 0.0123 e. The number of hydrogen-bond acceptors (Lipinski definition) is 3. The molecule has 0 aromatic carbocycles. The van der Waals surface area contributed by atoms with Crippen molar-refractivity contribution in [3.8, 4) is 0 Å². The summed E-state index contributed by atoms with van der Waals surface area (Å²) in [4.78, 5) is 5.39. The number of rotatable bonds is 3. The SMILES string of the molecule is CCC(C)N1CCN(C2CCNC(C)C2)CC1. The molecule has 0 amide bonds. The third kappa shape index (κ3) is 3.43. The predicted octanol–water partition coefficient (Wildman–Crippen LogP) is 1.54. The van der Waals surface area contributed by atoms with E-state index in [0.29, 0.717) is 6.04 Å². The van der Waals surface area contributed by atoms with E-state index >= 15 is 0 Å². The maximum atomic E-state index is 3.55. The Bertz CT molecular complexity index is 224. The second-order valence-electron chi connectivity index (χ2n) is 5.86. The van der Waals surface area contributed by atoms with Crippen molar-refractivity contribution in [1.29, 1.82) is 0 Å². The number of nitrogens with zero attached hydrogens (tertiary/aromatic N) is 2. The Morgan fingerprint density at radius 3 is 2.53 bits per heavy atom. The van der Waals surface area contributed by atoms with Crippen LogP contribution < -0.4 is 5.32 Å². The minimum absolute atomic E-state index is 0.710. The molecule has 0 radical (unpaired) electrons. The van der Waals surface area contributed by atoms with Gasteiger partial charge in [0.1, 0.15) is 0 Å².